The summed E-state index contributed by atoms with van der Waals surface area (Å²) in [5, 5.41) is 10.7. The molecular weight excluding hydrogens is 102 g/mol. The highest BCUT2D eigenvalue weighted by Gasteiger charge is 2.22. The van der Waals surface area contributed by atoms with Gasteiger partial charge in [-0.1, -0.05) is 6.10 Å². The largest absolute Gasteiger partial charge is 0.848 e. The highest BCUT2D eigenvalue weighted by Crippen LogP contribution is 2.10. The molecule has 0 aromatic heterocycles. The second kappa shape index (κ2) is 1.71. The molecule has 0 aromatic rings. The van der Waals surface area contributed by atoms with Crippen molar-refractivity contribution in [3.8, 4) is 0 Å². The summed E-state index contributed by atoms with van der Waals surface area (Å²) in [6.07, 6.45) is 0.581. The van der Waals surface area contributed by atoms with Gasteiger partial charge in [0.1, 0.15) is 0 Å². The van der Waals surface area contributed by atoms with Gasteiger partial charge < -0.3 is 9.59 Å². The van der Waals surface area contributed by atoms with Crippen LogP contribution < -0.4 is 5.11 Å². The Kier molecular flexibility index (Phi) is 1.29. The highest BCUT2D eigenvalue weighted by molar-refractivity contribution is 4.58. The van der Waals surface area contributed by atoms with Gasteiger partial charge in [-0.2, -0.15) is 0 Å². The van der Waals surface area contributed by atoms with Crippen molar-refractivity contribution in [3.05, 3.63) is 0 Å². The summed E-state index contributed by atoms with van der Waals surface area (Å²) in [6, 6.07) is 0. The van der Waals surface area contributed by atoms with Gasteiger partial charge in [-0.25, -0.2) is 0 Å². The Bertz CT molecular complexity index is 90.5. The van der Waals surface area contributed by atoms with E-state index < -0.39 is 0 Å². The van der Waals surface area contributed by atoms with Crippen molar-refractivity contribution in [2.75, 3.05) is 27.2 Å². The van der Waals surface area contributed by atoms with E-state index in [1.807, 2.05) is 0 Å². The number of likely N-dealkylation sites (tertiary alicyclic amines) is 1. The van der Waals surface area contributed by atoms with Crippen LogP contribution in [0.5, 0.6) is 0 Å². The molecule has 0 radical (unpaired) electrons. The minimum atomic E-state index is -0.287. The van der Waals surface area contributed by atoms with Crippen LogP contribution in [0.25, 0.3) is 0 Å². The normalized spacial score (nSPS) is 35.6. The monoisotopic (exact) mass is 115 g/mol. The Morgan fingerprint density at radius 2 is 2.12 bits per heavy atom. The lowest BCUT2D eigenvalue weighted by atomic mass is 10.3. The van der Waals surface area contributed by atoms with E-state index in [4.69, 9.17) is 0 Å². The molecule has 2 nitrogen and oxygen atoms in total. The summed E-state index contributed by atoms with van der Waals surface area (Å²) in [7, 11) is 4.22. The zero-order valence-electron chi connectivity index (χ0n) is 5.55. The van der Waals surface area contributed by atoms with Crippen molar-refractivity contribution < 1.29 is 9.59 Å². The van der Waals surface area contributed by atoms with E-state index in [0.29, 0.717) is 0 Å². The SMILES string of the molecule is C[N+]1(C)CCC([O-])C1. The Morgan fingerprint density at radius 3 is 2.25 bits per heavy atom. The van der Waals surface area contributed by atoms with Crippen molar-refractivity contribution in [2.24, 2.45) is 0 Å². The van der Waals surface area contributed by atoms with Crippen LogP contribution in [0.2, 0.25) is 0 Å². The molecule has 0 spiro atoms. The Labute approximate surface area is 50.3 Å². The molecule has 0 aliphatic carbocycles. The lowest BCUT2D eigenvalue weighted by Gasteiger charge is -2.24. The fourth-order valence-corrected chi connectivity index (χ4v) is 1.23. The molecule has 8 heavy (non-hydrogen) atoms. The number of hydrogen-bond acceptors (Lipinski definition) is 1. The second-order valence-electron chi connectivity index (χ2n) is 3.25. The van der Waals surface area contributed by atoms with Crippen LogP contribution in [0.1, 0.15) is 6.42 Å². The number of rotatable bonds is 0. The van der Waals surface area contributed by atoms with E-state index >= 15 is 0 Å². The molecule has 0 saturated carbocycles. The molecule has 1 atom stereocenters. The van der Waals surface area contributed by atoms with Crippen LogP contribution in [-0.4, -0.2) is 37.8 Å². The van der Waals surface area contributed by atoms with Crippen molar-refractivity contribution >= 4 is 0 Å². The third-order valence-electron chi connectivity index (χ3n) is 1.75. The molecule has 2 heteroatoms. The Morgan fingerprint density at radius 1 is 1.50 bits per heavy atom. The third-order valence-corrected chi connectivity index (χ3v) is 1.75. The van der Waals surface area contributed by atoms with Gasteiger partial charge in [0.15, 0.2) is 0 Å². The standard InChI is InChI=1S/C6H13NO/c1-7(2)4-3-6(8)5-7/h6H,3-5H2,1-2H3. The molecule has 1 fully saturated rings. The Hall–Kier alpha value is -0.0800. The average Bonchev–Trinajstić information content (AvgIpc) is 1.82. The smallest absolute Gasteiger partial charge is 0.0773 e. The maximum Gasteiger partial charge on any atom is 0.0773 e. The zero-order chi connectivity index (χ0) is 6.20. The maximum atomic E-state index is 10.7. The molecule has 0 amide bonds. The van der Waals surface area contributed by atoms with Gasteiger partial charge in [0.2, 0.25) is 0 Å². The van der Waals surface area contributed by atoms with Crippen LogP contribution in [0.4, 0.5) is 0 Å². The van der Waals surface area contributed by atoms with Gasteiger partial charge in [0, 0.05) is 0 Å². The lowest BCUT2D eigenvalue weighted by Crippen LogP contribution is -2.39. The predicted octanol–water partition coefficient (Wildman–Crippen LogP) is -0.805. The molecular formula is C6H13NO. The molecule has 0 N–H and O–H groups in total. The maximum absolute atomic E-state index is 10.7. The Balaban J connectivity index is 2.44. The lowest BCUT2D eigenvalue weighted by molar-refractivity contribution is -0.882. The summed E-state index contributed by atoms with van der Waals surface area (Å²) >= 11 is 0. The predicted molar refractivity (Wildman–Crippen MR) is 30.2 cm³/mol. The molecule has 0 bridgehead atoms. The molecule has 1 saturated heterocycles. The molecule has 1 heterocycles. The van der Waals surface area contributed by atoms with Gasteiger partial charge in [0.05, 0.1) is 27.2 Å². The van der Waals surface area contributed by atoms with Crippen LogP contribution in [-0.2, 0) is 0 Å². The summed E-state index contributed by atoms with van der Waals surface area (Å²) in [5.41, 5.74) is 0. The molecule has 1 aliphatic heterocycles. The van der Waals surface area contributed by atoms with Gasteiger partial charge in [-0.3, -0.25) is 0 Å². The quantitative estimate of drug-likeness (QED) is 0.379. The molecule has 48 valence electrons. The minimum Gasteiger partial charge on any atom is -0.848 e. The number of hydrogen-bond donors (Lipinski definition) is 0. The van der Waals surface area contributed by atoms with E-state index in [-0.39, 0.29) is 6.10 Å². The first-order valence-corrected chi connectivity index (χ1v) is 3.08. The van der Waals surface area contributed by atoms with E-state index in [1.54, 1.807) is 0 Å². The number of quaternary nitrogens is 1. The van der Waals surface area contributed by atoms with Crippen molar-refractivity contribution in [3.63, 3.8) is 0 Å². The van der Waals surface area contributed by atoms with Crippen molar-refractivity contribution in [1.82, 2.24) is 0 Å². The summed E-state index contributed by atoms with van der Waals surface area (Å²) < 4.78 is 0.925. The van der Waals surface area contributed by atoms with E-state index in [2.05, 4.69) is 14.1 Å². The topological polar surface area (TPSA) is 23.1 Å². The van der Waals surface area contributed by atoms with Crippen LogP contribution in [0.3, 0.4) is 0 Å². The molecule has 0 aromatic carbocycles. The van der Waals surface area contributed by atoms with E-state index in [0.717, 1.165) is 24.0 Å². The first-order valence-electron chi connectivity index (χ1n) is 3.08. The van der Waals surface area contributed by atoms with Crippen LogP contribution >= 0.6 is 0 Å². The number of nitrogens with zero attached hydrogens (tertiary/aromatic N) is 1. The van der Waals surface area contributed by atoms with Gasteiger partial charge in [-0.05, 0) is 6.42 Å². The summed E-state index contributed by atoms with van der Waals surface area (Å²) in [4.78, 5) is 0. The van der Waals surface area contributed by atoms with E-state index in [9.17, 15) is 5.11 Å². The second-order valence-corrected chi connectivity index (χ2v) is 3.25. The van der Waals surface area contributed by atoms with Gasteiger partial charge in [-0.15, -0.1) is 0 Å². The summed E-state index contributed by atoms with van der Waals surface area (Å²) in [6.45, 7) is 1.88. The molecule has 1 unspecified atom stereocenters. The third kappa shape index (κ3) is 1.20. The van der Waals surface area contributed by atoms with Gasteiger partial charge >= 0.3 is 0 Å². The molecule has 1 aliphatic rings. The van der Waals surface area contributed by atoms with Crippen molar-refractivity contribution in [1.29, 1.82) is 0 Å². The first kappa shape index (κ1) is 6.05. The van der Waals surface area contributed by atoms with Crippen LogP contribution in [0, 0.1) is 0 Å². The van der Waals surface area contributed by atoms with Gasteiger partial charge in [0.25, 0.3) is 0 Å². The minimum absolute atomic E-state index is 0.287. The van der Waals surface area contributed by atoms with Crippen molar-refractivity contribution in [2.45, 2.75) is 12.5 Å². The molecule has 1 rings (SSSR count). The number of likely N-dealkylation sites (N-methyl/N-ethyl adjacent to an activating group) is 1. The zero-order valence-corrected chi connectivity index (χ0v) is 5.55. The fourth-order valence-electron chi connectivity index (χ4n) is 1.23. The fraction of sp³-hybridized carbons (Fsp3) is 1.00. The van der Waals surface area contributed by atoms with E-state index in [1.165, 1.54) is 0 Å². The summed E-state index contributed by atoms with van der Waals surface area (Å²) in [5.74, 6) is 0. The first-order chi connectivity index (χ1) is 3.60. The van der Waals surface area contributed by atoms with Crippen LogP contribution in [0.15, 0.2) is 0 Å². The average molecular weight is 115 g/mol. The highest BCUT2D eigenvalue weighted by atomic mass is 16.3.